The maximum absolute atomic E-state index is 11.8. The van der Waals surface area contributed by atoms with Crippen LogP contribution in [0.15, 0.2) is 12.1 Å². The molecular formula is C16H21NO4. The lowest BCUT2D eigenvalue weighted by Gasteiger charge is -2.20. The van der Waals surface area contributed by atoms with Crippen molar-refractivity contribution in [1.29, 1.82) is 0 Å². The molecule has 0 aromatic heterocycles. The van der Waals surface area contributed by atoms with E-state index >= 15 is 0 Å². The SMILES string of the molecule is CC(C)(C)OC(=O)Nc1cc(C=O)c2c(c1)CC(C)(C)O2. The summed E-state index contributed by atoms with van der Waals surface area (Å²) >= 11 is 0. The maximum atomic E-state index is 11.8. The molecule has 0 spiro atoms. The van der Waals surface area contributed by atoms with E-state index in [-0.39, 0.29) is 5.60 Å². The summed E-state index contributed by atoms with van der Waals surface area (Å²) in [5.74, 6) is 0.602. The monoisotopic (exact) mass is 291 g/mol. The van der Waals surface area contributed by atoms with E-state index in [1.54, 1.807) is 26.8 Å². The number of benzene rings is 1. The van der Waals surface area contributed by atoms with Gasteiger partial charge in [0.2, 0.25) is 0 Å². The minimum absolute atomic E-state index is 0.343. The number of nitrogens with one attached hydrogen (secondary N) is 1. The van der Waals surface area contributed by atoms with Gasteiger partial charge in [0.15, 0.2) is 6.29 Å². The molecule has 0 saturated carbocycles. The van der Waals surface area contributed by atoms with E-state index in [1.807, 2.05) is 19.9 Å². The van der Waals surface area contributed by atoms with E-state index < -0.39 is 11.7 Å². The van der Waals surface area contributed by atoms with Gasteiger partial charge in [0.1, 0.15) is 17.0 Å². The number of anilines is 1. The second-order valence-electron chi connectivity index (χ2n) is 6.84. The van der Waals surface area contributed by atoms with Gasteiger partial charge in [-0.3, -0.25) is 10.1 Å². The summed E-state index contributed by atoms with van der Waals surface area (Å²) in [4.78, 5) is 23.0. The zero-order valence-corrected chi connectivity index (χ0v) is 13.1. The molecule has 0 saturated heterocycles. The first-order valence-electron chi connectivity index (χ1n) is 6.91. The normalized spacial score (nSPS) is 15.9. The first-order chi connectivity index (χ1) is 9.59. The summed E-state index contributed by atoms with van der Waals surface area (Å²) in [5, 5.41) is 2.65. The van der Waals surface area contributed by atoms with Crippen molar-refractivity contribution >= 4 is 18.1 Å². The van der Waals surface area contributed by atoms with Crippen LogP contribution in [0.2, 0.25) is 0 Å². The van der Waals surface area contributed by atoms with Gasteiger partial charge in [-0.15, -0.1) is 0 Å². The Morgan fingerprint density at radius 2 is 2.05 bits per heavy atom. The van der Waals surface area contributed by atoms with Crippen molar-refractivity contribution in [1.82, 2.24) is 0 Å². The fourth-order valence-corrected chi connectivity index (χ4v) is 2.32. The Labute approximate surface area is 124 Å². The summed E-state index contributed by atoms with van der Waals surface area (Å²) in [6, 6.07) is 3.41. The number of hydrogen-bond acceptors (Lipinski definition) is 4. The van der Waals surface area contributed by atoms with Crippen LogP contribution in [0.1, 0.15) is 50.5 Å². The number of aldehydes is 1. The first kappa shape index (κ1) is 15.4. The molecule has 21 heavy (non-hydrogen) atoms. The van der Waals surface area contributed by atoms with Crippen molar-refractivity contribution in [2.75, 3.05) is 5.32 Å². The Hall–Kier alpha value is -2.04. The summed E-state index contributed by atoms with van der Waals surface area (Å²) in [6.07, 6.45) is 0.880. The van der Waals surface area contributed by atoms with E-state index in [0.29, 0.717) is 23.4 Å². The van der Waals surface area contributed by atoms with Crippen molar-refractivity contribution in [2.45, 2.75) is 52.2 Å². The van der Waals surface area contributed by atoms with Gasteiger partial charge in [-0.05, 0) is 46.8 Å². The van der Waals surface area contributed by atoms with Crippen LogP contribution in [-0.2, 0) is 11.2 Å². The third kappa shape index (κ3) is 3.74. The predicted molar refractivity (Wildman–Crippen MR) is 80.1 cm³/mol. The standard InChI is InChI=1S/C16H21NO4/c1-15(2,3)21-14(19)17-12-6-10-8-16(4,5)20-13(10)11(7-12)9-18/h6-7,9H,8H2,1-5H3,(H,17,19). The minimum Gasteiger partial charge on any atom is -0.486 e. The molecule has 1 heterocycles. The van der Waals surface area contributed by atoms with Gasteiger partial charge in [-0.25, -0.2) is 4.79 Å². The molecule has 1 N–H and O–H groups in total. The van der Waals surface area contributed by atoms with E-state index in [4.69, 9.17) is 9.47 Å². The molecule has 1 aromatic carbocycles. The lowest BCUT2D eigenvalue weighted by molar-refractivity contribution is 0.0635. The van der Waals surface area contributed by atoms with Crippen LogP contribution in [0.25, 0.3) is 0 Å². The maximum Gasteiger partial charge on any atom is 0.412 e. The molecule has 5 heteroatoms. The van der Waals surface area contributed by atoms with Gasteiger partial charge in [0.25, 0.3) is 0 Å². The average molecular weight is 291 g/mol. The molecule has 1 aliphatic heterocycles. The lowest BCUT2D eigenvalue weighted by Crippen LogP contribution is -2.27. The Bertz CT molecular complexity index is 585. The van der Waals surface area contributed by atoms with Gasteiger partial charge in [0, 0.05) is 17.7 Å². The van der Waals surface area contributed by atoms with Crippen LogP contribution in [-0.4, -0.2) is 23.6 Å². The summed E-state index contributed by atoms with van der Waals surface area (Å²) < 4.78 is 11.0. The zero-order valence-electron chi connectivity index (χ0n) is 13.1. The van der Waals surface area contributed by atoms with E-state index in [2.05, 4.69) is 5.32 Å². The minimum atomic E-state index is -0.570. The molecule has 1 amide bonds. The number of amides is 1. The van der Waals surface area contributed by atoms with Gasteiger partial charge in [-0.1, -0.05) is 0 Å². The number of carbonyl (C=O) groups excluding carboxylic acids is 2. The number of hydrogen-bond donors (Lipinski definition) is 1. The van der Waals surface area contributed by atoms with Crippen molar-refractivity contribution in [3.8, 4) is 5.75 Å². The van der Waals surface area contributed by atoms with Gasteiger partial charge < -0.3 is 9.47 Å². The van der Waals surface area contributed by atoms with Crippen LogP contribution in [0.4, 0.5) is 10.5 Å². The highest BCUT2D eigenvalue weighted by Crippen LogP contribution is 2.39. The predicted octanol–water partition coefficient (Wildman–Crippen LogP) is 3.56. The van der Waals surface area contributed by atoms with E-state index in [9.17, 15) is 9.59 Å². The van der Waals surface area contributed by atoms with Crippen LogP contribution >= 0.6 is 0 Å². The van der Waals surface area contributed by atoms with E-state index in [1.165, 1.54) is 0 Å². The molecule has 0 fully saturated rings. The Balaban J connectivity index is 2.24. The molecule has 0 bridgehead atoms. The zero-order chi connectivity index (χ0) is 15.8. The molecule has 0 aliphatic carbocycles. The summed E-state index contributed by atoms with van der Waals surface area (Å²) in [5.41, 5.74) is 0.968. The van der Waals surface area contributed by atoms with Crippen molar-refractivity contribution in [3.05, 3.63) is 23.3 Å². The molecule has 0 radical (unpaired) electrons. The van der Waals surface area contributed by atoms with Crippen molar-refractivity contribution in [3.63, 3.8) is 0 Å². The number of rotatable bonds is 2. The molecule has 1 aromatic rings. The summed E-state index contributed by atoms with van der Waals surface area (Å²) in [7, 11) is 0. The molecule has 0 unspecified atom stereocenters. The van der Waals surface area contributed by atoms with Gasteiger partial charge >= 0.3 is 6.09 Å². The molecule has 114 valence electrons. The third-order valence-electron chi connectivity index (χ3n) is 2.96. The fraction of sp³-hybridized carbons (Fsp3) is 0.500. The van der Waals surface area contributed by atoms with Crippen LogP contribution in [0.5, 0.6) is 5.75 Å². The lowest BCUT2D eigenvalue weighted by atomic mass is 10.00. The second-order valence-corrected chi connectivity index (χ2v) is 6.84. The number of carbonyl (C=O) groups is 2. The number of ether oxygens (including phenoxy) is 2. The molecule has 0 atom stereocenters. The Morgan fingerprint density at radius 1 is 1.38 bits per heavy atom. The smallest absolute Gasteiger partial charge is 0.412 e. The third-order valence-corrected chi connectivity index (χ3v) is 2.96. The molecule has 2 rings (SSSR count). The molecule has 1 aliphatic rings. The summed E-state index contributed by atoms with van der Waals surface area (Å²) in [6.45, 7) is 9.30. The topological polar surface area (TPSA) is 64.6 Å². The van der Waals surface area contributed by atoms with Crippen molar-refractivity contribution < 1.29 is 19.1 Å². The second kappa shape index (κ2) is 5.06. The highest BCUT2D eigenvalue weighted by Gasteiger charge is 2.32. The van der Waals surface area contributed by atoms with Gasteiger partial charge in [-0.2, -0.15) is 0 Å². The van der Waals surface area contributed by atoms with Crippen LogP contribution < -0.4 is 10.1 Å². The first-order valence-corrected chi connectivity index (χ1v) is 6.91. The highest BCUT2D eigenvalue weighted by atomic mass is 16.6. The molecule has 5 nitrogen and oxygen atoms in total. The number of fused-ring (bicyclic) bond motifs is 1. The van der Waals surface area contributed by atoms with Crippen molar-refractivity contribution in [2.24, 2.45) is 0 Å². The molecular weight excluding hydrogens is 270 g/mol. The highest BCUT2D eigenvalue weighted by molar-refractivity contribution is 5.89. The Kier molecular flexibility index (Phi) is 3.70. The quantitative estimate of drug-likeness (QED) is 0.846. The van der Waals surface area contributed by atoms with Crippen LogP contribution in [0, 0.1) is 0 Å². The Morgan fingerprint density at radius 3 is 2.62 bits per heavy atom. The van der Waals surface area contributed by atoms with E-state index in [0.717, 1.165) is 11.8 Å². The van der Waals surface area contributed by atoms with Crippen LogP contribution in [0.3, 0.4) is 0 Å². The fourth-order valence-electron chi connectivity index (χ4n) is 2.32. The van der Waals surface area contributed by atoms with Gasteiger partial charge in [0.05, 0.1) is 5.56 Å². The largest absolute Gasteiger partial charge is 0.486 e. The average Bonchev–Trinajstić information content (AvgIpc) is 2.59.